The zero-order valence-corrected chi connectivity index (χ0v) is 12.8. The Bertz CT molecular complexity index is 434. The molecule has 0 spiro atoms. The first kappa shape index (κ1) is 14.5. The summed E-state index contributed by atoms with van der Waals surface area (Å²) in [6.07, 6.45) is 3.43. The van der Waals surface area contributed by atoms with Crippen LogP contribution in [0.25, 0.3) is 0 Å². The van der Waals surface area contributed by atoms with Crippen molar-refractivity contribution in [3.05, 3.63) is 11.6 Å². The number of rotatable bonds is 1. The zero-order chi connectivity index (χ0) is 14.7. The Morgan fingerprint density at radius 1 is 1.40 bits per heavy atom. The lowest BCUT2D eigenvalue weighted by atomic mass is 9.51. The molecule has 4 nitrogen and oxygen atoms in total. The second-order valence-corrected chi connectivity index (χ2v) is 7.08. The van der Waals surface area contributed by atoms with Crippen molar-refractivity contribution in [3.63, 3.8) is 0 Å². The highest BCUT2D eigenvalue weighted by Crippen LogP contribution is 2.62. The molecule has 0 bridgehead atoms. The van der Waals surface area contributed by atoms with E-state index in [1.165, 1.54) is 5.57 Å². The van der Waals surface area contributed by atoms with Crippen molar-refractivity contribution in [1.29, 1.82) is 0 Å². The van der Waals surface area contributed by atoms with Crippen LogP contribution in [-0.4, -0.2) is 35.5 Å². The van der Waals surface area contributed by atoms with E-state index in [-0.39, 0.29) is 29.6 Å². The van der Waals surface area contributed by atoms with Gasteiger partial charge in [-0.15, -0.1) is 0 Å². The lowest BCUT2D eigenvalue weighted by Crippen LogP contribution is -2.54. The summed E-state index contributed by atoms with van der Waals surface area (Å²) in [6.45, 7) is 6.50. The molecule has 20 heavy (non-hydrogen) atoms. The van der Waals surface area contributed by atoms with Crippen molar-refractivity contribution in [2.45, 2.75) is 58.2 Å². The average molecular weight is 282 g/mol. The molecule has 2 N–H and O–H groups in total. The monoisotopic (exact) mass is 282 g/mol. The van der Waals surface area contributed by atoms with E-state index >= 15 is 0 Å². The van der Waals surface area contributed by atoms with Gasteiger partial charge in [0.05, 0.1) is 6.10 Å². The third-order valence-corrected chi connectivity index (χ3v) is 6.10. The summed E-state index contributed by atoms with van der Waals surface area (Å²) in [4.78, 5) is 0. The Morgan fingerprint density at radius 2 is 2.10 bits per heavy atom. The van der Waals surface area contributed by atoms with Crippen LogP contribution in [0.2, 0.25) is 0 Å². The number of allylic oxidation sites excluding steroid dienone is 1. The van der Waals surface area contributed by atoms with Gasteiger partial charge in [0, 0.05) is 25.4 Å². The molecule has 2 fully saturated rings. The fourth-order valence-electron chi connectivity index (χ4n) is 5.02. The van der Waals surface area contributed by atoms with E-state index in [2.05, 4.69) is 20.8 Å². The number of methoxy groups -OCH3 is 1. The molecule has 0 aromatic rings. The first-order chi connectivity index (χ1) is 9.33. The number of ether oxygens (including phenoxy) is 2. The minimum Gasteiger partial charge on any atom is -0.389 e. The van der Waals surface area contributed by atoms with Crippen LogP contribution < -0.4 is 0 Å². The third kappa shape index (κ3) is 1.75. The molecule has 3 aliphatic rings. The average Bonchev–Trinajstić information content (AvgIpc) is 2.64. The largest absolute Gasteiger partial charge is 0.389 e. The molecular weight excluding hydrogens is 256 g/mol. The Kier molecular flexibility index (Phi) is 3.29. The highest BCUT2D eigenvalue weighted by atomic mass is 16.7. The maximum Gasteiger partial charge on any atom is 0.173 e. The second-order valence-electron chi connectivity index (χ2n) is 7.08. The van der Waals surface area contributed by atoms with Gasteiger partial charge >= 0.3 is 0 Å². The second kappa shape index (κ2) is 4.54. The van der Waals surface area contributed by atoms with Crippen LogP contribution in [0.5, 0.6) is 0 Å². The van der Waals surface area contributed by atoms with E-state index in [9.17, 15) is 10.2 Å². The molecule has 0 radical (unpaired) electrons. The third-order valence-electron chi connectivity index (χ3n) is 6.10. The summed E-state index contributed by atoms with van der Waals surface area (Å²) in [5.41, 5.74) is 1.16. The van der Waals surface area contributed by atoms with E-state index in [0.29, 0.717) is 12.3 Å². The Balaban J connectivity index is 2.06. The lowest BCUT2D eigenvalue weighted by Gasteiger charge is -2.54. The molecule has 2 aliphatic carbocycles. The molecule has 0 amide bonds. The van der Waals surface area contributed by atoms with E-state index < -0.39 is 5.79 Å². The minimum absolute atomic E-state index is 0.0162. The molecule has 114 valence electrons. The van der Waals surface area contributed by atoms with Gasteiger partial charge in [-0.1, -0.05) is 32.4 Å². The van der Waals surface area contributed by atoms with Gasteiger partial charge < -0.3 is 19.7 Å². The van der Waals surface area contributed by atoms with Crippen molar-refractivity contribution < 1.29 is 19.7 Å². The van der Waals surface area contributed by atoms with Crippen LogP contribution in [0.3, 0.4) is 0 Å². The van der Waals surface area contributed by atoms with Gasteiger partial charge in [0.25, 0.3) is 0 Å². The predicted molar refractivity (Wildman–Crippen MR) is 74.7 cm³/mol. The molecule has 1 saturated carbocycles. The zero-order valence-electron chi connectivity index (χ0n) is 12.8. The van der Waals surface area contributed by atoms with Gasteiger partial charge in [0.1, 0.15) is 0 Å². The van der Waals surface area contributed by atoms with Crippen molar-refractivity contribution in [1.82, 2.24) is 0 Å². The van der Waals surface area contributed by atoms with Crippen LogP contribution in [0, 0.1) is 23.2 Å². The molecule has 3 rings (SSSR count). The van der Waals surface area contributed by atoms with Gasteiger partial charge in [-0.3, -0.25) is 0 Å². The molecule has 7 atom stereocenters. The fourth-order valence-corrected chi connectivity index (χ4v) is 5.02. The van der Waals surface area contributed by atoms with Gasteiger partial charge in [0.2, 0.25) is 0 Å². The topological polar surface area (TPSA) is 58.9 Å². The summed E-state index contributed by atoms with van der Waals surface area (Å²) in [6, 6.07) is 0. The minimum atomic E-state index is -1.09. The number of aliphatic hydroxyl groups excluding tert-OH is 1. The van der Waals surface area contributed by atoms with Gasteiger partial charge in [-0.05, 0) is 24.2 Å². The SMILES string of the molecule is CO[C@@H]1O[C@]2(O)CCC3=C[C@H](O)C[C@@H](C)[C@]3(C)[C@@H]2[C@H]1C. The van der Waals surface area contributed by atoms with Crippen molar-refractivity contribution in [3.8, 4) is 0 Å². The predicted octanol–water partition coefficient (Wildman–Crippen LogP) is 2.06. The number of aliphatic hydroxyl groups is 2. The highest BCUT2D eigenvalue weighted by Gasteiger charge is 2.64. The molecule has 1 saturated heterocycles. The number of hydrogen-bond donors (Lipinski definition) is 2. The van der Waals surface area contributed by atoms with Gasteiger partial charge in [-0.2, -0.15) is 0 Å². The molecule has 0 aromatic carbocycles. The molecule has 0 aromatic heterocycles. The van der Waals surface area contributed by atoms with Crippen LogP contribution >= 0.6 is 0 Å². The fraction of sp³-hybridized carbons (Fsp3) is 0.875. The smallest absolute Gasteiger partial charge is 0.173 e. The molecule has 4 heteroatoms. The van der Waals surface area contributed by atoms with E-state index in [0.717, 1.165) is 12.8 Å². The van der Waals surface area contributed by atoms with Gasteiger partial charge in [-0.25, -0.2) is 0 Å². The summed E-state index contributed by atoms with van der Waals surface area (Å²) < 4.78 is 11.3. The summed E-state index contributed by atoms with van der Waals surface area (Å²) in [5, 5.41) is 21.0. The quantitative estimate of drug-likeness (QED) is 0.723. The Morgan fingerprint density at radius 3 is 2.75 bits per heavy atom. The molecular formula is C16H26O4. The van der Waals surface area contributed by atoms with Gasteiger partial charge in [0.15, 0.2) is 12.1 Å². The van der Waals surface area contributed by atoms with Crippen LogP contribution in [-0.2, 0) is 9.47 Å². The highest BCUT2D eigenvalue weighted by molar-refractivity contribution is 5.28. The molecule has 0 unspecified atom stereocenters. The van der Waals surface area contributed by atoms with Crippen molar-refractivity contribution in [2.24, 2.45) is 23.2 Å². The first-order valence-electron chi connectivity index (χ1n) is 7.65. The first-order valence-corrected chi connectivity index (χ1v) is 7.65. The summed E-state index contributed by atoms with van der Waals surface area (Å²) in [7, 11) is 1.63. The lowest BCUT2D eigenvalue weighted by molar-refractivity contribution is -0.274. The molecule has 1 aliphatic heterocycles. The van der Waals surface area contributed by atoms with Crippen molar-refractivity contribution >= 4 is 0 Å². The normalized spacial score (nSPS) is 55.1. The van der Waals surface area contributed by atoms with Crippen molar-refractivity contribution in [2.75, 3.05) is 7.11 Å². The molecule has 1 heterocycles. The van der Waals surface area contributed by atoms with Crippen LogP contribution in [0.15, 0.2) is 11.6 Å². The van der Waals surface area contributed by atoms with E-state index in [1.807, 2.05) is 6.08 Å². The standard InChI is InChI=1S/C16H26O4/c1-9-7-12(17)8-11-5-6-16(18)13(15(9,11)3)10(2)14(19-4)20-16/h8-10,12-14,17-18H,5-7H2,1-4H3/t9-,10-,12-,13+,14-,15+,16-/m1/s1. The van der Waals surface area contributed by atoms with Crippen LogP contribution in [0.4, 0.5) is 0 Å². The van der Waals surface area contributed by atoms with Crippen LogP contribution in [0.1, 0.15) is 40.0 Å². The Hall–Kier alpha value is -0.420. The summed E-state index contributed by atoms with van der Waals surface area (Å²) in [5.74, 6) is -0.627. The van der Waals surface area contributed by atoms with E-state index in [1.54, 1.807) is 7.11 Å². The number of fused-ring (bicyclic) bond motifs is 3. The maximum atomic E-state index is 11.0. The Labute approximate surface area is 120 Å². The maximum absolute atomic E-state index is 11.0. The summed E-state index contributed by atoms with van der Waals surface area (Å²) >= 11 is 0. The number of hydrogen-bond acceptors (Lipinski definition) is 4. The van der Waals surface area contributed by atoms with E-state index in [4.69, 9.17) is 9.47 Å².